The lowest BCUT2D eigenvalue weighted by atomic mass is 10.2. The van der Waals surface area contributed by atoms with Gasteiger partial charge in [-0.1, -0.05) is 0 Å². The van der Waals surface area contributed by atoms with Crippen molar-refractivity contribution in [2.24, 2.45) is 0 Å². The highest BCUT2D eigenvalue weighted by atomic mass is 32.2. The van der Waals surface area contributed by atoms with E-state index in [4.69, 9.17) is 4.42 Å². The number of hydrogen-bond donors (Lipinski definition) is 1. The van der Waals surface area contributed by atoms with Crippen LogP contribution in [0.25, 0.3) is 11.0 Å². The number of benzene rings is 1. The molecule has 0 unspecified atom stereocenters. The second-order valence-corrected chi connectivity index (χ2v) is 6.67. The van der Waals surface area contributed by atoms with Crippen LogP contribution in [0.2, 0.25) is 0 Å². The Kier molecular flexibility index (Phi) is 4.29. The van der Waals surface area contributed by atoms with E-state index in [0.717, 1.165) is 18.3 Å². The Morgan fingerprint density at radius 1 is 1.12 bits per heavy atom. The van der Waals surface area contributed by atoms with Gasteiger partial charge in [0.25, 0.3) is 0 Å². The first-order valence-corrected chi connectivity index (χ1v) is 8.32. The van der Waals surface area contributed by atoms with Crippen molar-refractivity contribution in [2.75, 3.05) is 6.54 Å². The van der Waals surface area contributed by atoms with Crippen LogP contribution in [0.1, 0.15) is 5.69 Å². The Labute approximate surface area is 135 Å². The van der Waals surface area contributed by atoms with Gasteiger partial charge in [-0.05, 0) is 18.2 Å². The van der Waals surface area contributed by atoms with Crippen molar-refractivity contribution in [3.05, 3.63) is 59.9 Å². The van der Waals surface area contributed by atoms with Gasteiger partial charge >= 0.3 is 0 Å². The van der Waals surface area contributed by atoms with E-state index in [1.807, 2.05) is 0 Å². The molecule has 0 radical (unpaired) electrons. The zero-order valence-corrected chi connectivity index (χ0v) is 12.9. The van der Waals surface area contributed by atoms with Crippen molar-refractivity contribution in [3.63, 3.8) is 0 Å². The molecular formula is C15H11F3N2O3S. The first-order chi connectivity index (χ1) is 11.4. The number of sulfonamides is 1. The number of nitrogens with one attached hydrogen (secondary N) is 1. The zero-order valence-electron chi connectivity index (χ0n) is 12.1. The molecule has 0 saturated heterocycles. The number of pyridine rings is 1. The van der Waals surface area contributed by atoms with E-state index in [2.05, 4.69) is 9.71 Å². The molecule has 126 valence electrons. The quantitative estimate of drug-likeness (QED) is 0.763. The van der Waals surface area contributed by atoms with E-state index in [1.165, 1.54) is 12.3 Å². The van der Waals surface area contributed by atoms with Gasteiger partial charge in [0.1, 0.15) is 11.6 Å². The summed E-state index contributed by atoms with van der Waals surface area (Å²) in [5.41, 5.74) is -0.226. The molecule has 5 nitrogen and oxygen atoms in total. The van der Waals surface area contributed by atoms with Gasteiger partial charge in [-0.2, -0.15) is 0 Å². The van der Waals surface area contributed by atoms with E-state index < -0.39 is 27.5 Å². The fourth-order valence-electron chi connectivity index (χ4n) is 2.25. The van der Waals surface area contributed by atoms with Gasteiger partial charge in [-0.25, -0.2) is 26.3 Å². The number of nitrogens with zero attached hydrogens (tertiary/aromatic N) is 1. The molecule has 0 bridgehead atoms. The SMILES string of the molecule is O=S(=O)(NCCc1ncc(F)cc1F)c1ccc(F)c2occc12. The maximum atomic E-state index is 13.5. The molecule has 9 heteroatoms. The second kappa shape index (κ2) is 6.25. The van der Waals surface area contributed by atoms with Crippen molar-refractivity contribution in [1.29, 1.82) is 0 Å². The van der Waals surface area contributed by atoms with Crippen molar-refractivity contribution in [2.45, 2.75) is 11.3 Å². The third-order valence-corrected chi connectivity index (χ3v) is 4.88. The van der Waals surface area contributed by atoms with Crippen LogP contribution in [-0.2, 0) is 16.4 Å². The summed E-state index contributed by atoms with van der Waals surface area (Å²) in [6.45, 7) is -0.158. The summed E-state index contributed by atoms with van der Waals surface area (Å²) in [5.74, 6) is -2.34. The number of hydrogen-bond acceptors (Lipinski definition) is 4. The molecule has 2 aromatic heterocycles. The predicted molar refractivity (Wildman–Crippen MR) is 79.2 cm³/mol. The fourth-order valence-corrected chi connectivity index (χ4v) is 3.47. The van der Waals surface area contributed by atoms with Crippen molar-refractivity contribution >= 4 is 21.0 Å². The zero-order chi connectivity index (χ0) is 17.3. The standard InChI is InChI=1S/C15H11F3N2O3S/c16-9-7-12(18)13(19-8-9)3-5-20-24(21,22)14-2-1-11(17)15-10(14)4-6-23-15/h1-2,4,6-8,20H,3,5H2. The van der Waals surface area contributed by atoms with Gasteiger partial charge in [0.15, 0.2) is 11.4 Å². The monoisotopic (exact) mass is 356 g/mol. The molecular weight excluding hydrogens is 345 g/mol. The summed E-state index contributed by atoms with van der Waals surface area (Å²) in [7, 11) is -3.97. The lowest BCUT2D eigenvalue weighted by Gasteiger charge is -2.08. The van der Waals surface area contributed by atoms with Crippen LogP contribution >= 0.6 is 0 Å². The number of rotatable bonds is 5. The van der Waals surface area contributed by atoms with Gasteiger partial charge in [0.2, 0.25) is 10.0 Å². The Morgan fingerprint density at radius 3 is 2.67 bits per heavy atom. The lowest BCUT2D eigenvalue weighted by Crippen LogP contribution is -2.26. The summed E-state index contributed by atoms with van der Waals surface area (Å²) in [6, 6.07) is 4.12. The average Bonchev–Trinajstić information content (AvgIpc) is 3.00. The van der Waals surface area contributed by atoms with Gasteiger partial charge in [0.05, 0.1) is 23.0 Å². The first-order valence-electron chi connectivity index (χ1n) is 6.84. The van der Waals surface area contributed by atoms with E-state index in [0.29, 0.717) is 6.07 Å². The molecule has 0 saturated carbocycles. The molecule has 24 heavy (non-hydrogen) atoms. The molecule has 1 N–H and O–H groups in total. The molecule has 2 heterocycles. The van der Waals surface area contributed by atoms with Gasteiger partial charge < -0.3 is 4.42 Å². The van der Waals surface area contributed by atoms with Crippen LogP contribution < -0.4 is 4.72 Å². The van der Waals surface area contributed by atoms with E-state index in [1.54, 1.807) is 0 Å². The molecule has 0 atom stereocenters. The number of aromatic nitrogens is 1. The van der Waals surface area contributed by atoms with Crippen LogP contribution in [0.4, 0.5) is 13.2 Å². The number of furan rings is 1. The Balaban J connectivity index is 1.78. The van der Waals surface area contributed by atoms with E-state index in [9.17, 15) is 21.6 Å². The topological polar surface area (TPSA) is 72.2 Å². The van der Waals surface area contributed by atoms with Crippen molar-refractivity contribution < 1.29 is 26.0 Å². The summed E-state index contributed by atoms with van der Waals surface area (Å²) in [4.78, 5) is 3.42. The average molecular weight is 356 g/mol. The highest BCUT2D eigenvalue weighted by Gasteiger charge is 2.20. The molecule has 0 spiro atoms. The summed E-state index contributed by atoms with van der Waals surface area (Å²) in [6.07, 6.45) is 1.97. The molecule has 0 aliphatic rings. The molecule has 0 amide bonds. The van der Waals surface area contributed by atoms with E-state index >= 15 is 0 Å². The summed E-state index contributed by atoms with van der Waals surface area (Å²) < 4.78 is 71.7. The molecule has 0 aliphatic heterocycles. The van der Waals surface area contributed by atoms with Crippen LogP contribution in [0.5, 0.6) is 0 Å². The third-order valence-electron chi connectivity index (χ3n) is 3.36. The molecule has 0 aliphatic carbocycles. The third kappa shape index (κ3) is 3.13. The molecule has 0 fully saturated rings. The first kappa shape index (κ1) is 16.5. The van der Waals surface area contributed by atoms with Crippen molar-refractivity contribution in [3.8, 4) is 0 Å². The summed E-state index contributed by atoms with van der Waals surface area (Å²) >= 11 is 0. The van der Waals surface area contributed by atoms with E-state index in [-0.39, 0.29) is 34.5 Å². The minimum atomic E-state index is -3.97. The molecule has 3 aromatic rings. The molecule has 3 rings (SSSR count). The normalized spacial score (nSPS) is 12.0. The van der Waals surface area contributed by atoms with Gasteiger partial charge in [-0.15, -0.1) is 0 Å². The largest absolute Gasteiger partial charge is 0.461 e. The maximum absolute atomic E-state index is 13.5. The fraction of sp³-hybridized carbons (Fsp3) is 0.133. The highest BCUT2D eigenvalue weighted by molar-refractivity contribution is 7.89. The lowest BCUT2D eigenvalue weighted by molar-refractivity contribution is 0.552. The minimum absolute atomic E-state index is 0.0633. The van der Waals surface area contributed by atoms with Crippen LogP contribution in [-0.4, -0.2) is 19.9 Å². The van der Waals surface area contributed by atoms with Gasteiger partial charge in [0, 0.05) is 24.4 Å². The minimum Gasteiger partial charge on any atom is -0.461 e. The number of fused-ring (bicyclic) bond motifs is 1. The Morgan fingerprint density at radius 2 is 1.92 bits per heavy atom. The Bertz CT molecular complexity index is 1000. The van der Waals surface area contributed by atoms with Crippen molar-refractivity contribution in [1.82, 2.24) is 9.71 Å². The highest BCUT2D eigenvalue weighted by Crippen LogP contribution is 2.26. The maximum Gasteiger partial charge on any atom is 0.241 e. The smallest absolute Gasteiger partial charge is 0.241 e. The number of halogens is 3. The predicted octanol–water partition coefficient (Wildman–Crippen LogP) is 2.77. The molecule has 1 aromatic carbocycles. The van der Waals surface area contributed by atoms with Crippen LogP contribution in [0, 0.1) is 17.5 Å². The van der Waals surface area contributed by atoms with Gasteiger partial charge in [-0.3, -0.25) is 4.98 Å². The van der Waals surface area contributed by atoms with Crippen LogP contribution in [0.15, 0.2) is 46.0 Å². The Hall–Kier alpha value is -2.39. The summed E-state index contributed by atoms with van der Waals surface area (Å²) in [5, 5.41) is 0.105. The van der Waals surface area contributed by atoms with Crippen LogP contribution in [0.3, 0.4) is 0 Å². The second-order valence-electron chi connectivity index (χ2n) is 4.94.